The molecule has 0 saturated heterocycles. The summed E-state index contributed by atoms with van der Waals surface area (Å²) in [6.45, 7) is 4.17. The van der Waals surface area contributed by atoms with Crippen molar-refractivity contribution in [1.29, 1.82) is 0 Å². The van der Waals surface area contributed by atoms with Crippen molar-refractivity contribution in [1.82, 2.24) is 20.1 Å². The fourth-order valence-electron chi connectivity index (χ4n) is 1.71. The monoisotopic (exact) mass is 273 g/mol. The molecule has 2 N–H and O–H groups in total. The maximum absolute atomic E-state index is 11.9. The van der Waals surface area contributed by atoms with E-state index in [-0.39, 0.29) is 5.91 Å². The van der Waals surface area contributed by atoms with Crippen molar-refractivity contribution < 1.29 is 4.79 Å². The average molecular weight is 273 g/mol. The second-order valence-corrected chi connectivity index (χ2v) is 4.38. The van der Waals surface area contributed by atoms with Crippen LogP contribution in [0.1, 0.15) is 23.8 Å². The Hall–Kier alpha value is -2.37. The smallest absolute Gasteiger partial charge is 0.269 e. The van der Waals surface area contributed by atoms with E-state index < -0.39 is 0 Å². The predicted octanol–water partition coefficient (Wildman–Crippen LogP) is 1.53. The van der Waals surface area contributed by atoms with Crippen LogP contribution >= 0.6 is 0 Å². The number of aromatic nitrogens is 3. The van der Waals surface area contributed by atoms with Crippen LogP contribution in [0.15, 0.2) is 36.8 Å². The van der Waals surface area contributed by atoms with Crippen LogP contribution in [-0.2, 0) is 6.54 Å². The first kappa shape index (κ1) is 14.0. The van der Waals surface area contributed by atoms with Crippen LogP contribution < -0.4 is 10.6 Å². The van der Waals surface area contributed by atoms with Gasteiger partial charge in [-0.15, -0.1) is 0 Å². The van der Waals surface area contributed by atoms with Gasteiger partial charge < -0.3 is 10.6 Å². The zero-order chi connectivity index (χ0) is 14.2. The van der Waals surface area contributed by atoms with Crippen molar-refractivity contribution in [3.05, 3.63) is 42.5 Å². The summed E-state index contributed by atoms with van der Waals surface area (Å²) in [6, 6.07) is 5.44. The Kier molecular flexibility index (Phi) is 5.11. The summed E-state index contributed by atoms with van der Waals surface area (Å²) in [5.74, 6) is -0.167. The summed E-state index contributed by atoms with van der Waals surface area (Å²) in [5, 5.41) is 10.1. The number of hydrogen-bond acceptors (Lipinski definition) is 4. The van der Waals surface area contributed by atoms with Crippen LogP contribution in [0, 0.1) is 0 Å². The molecule has 0 fully saturated rings. The Balaban J connectivity index is 1.79. The summed E-state index contributed by atoms with van der Waals surface area (Å²) in [7, 11) is 0. The molecule has 6 heteroatoms. The molecular formula is C14H19N5O. The lowest BCUT2D eigenvalue weighted by Gasteiger charge is -2.07. The summed E-state index contributed by atoms with van der Waals surface area (Å²) >= 11 is 0. The summed E-state index contributed by atoms with van der Waals surface area (Å²) in [5.41, 5.74) is 1.35. The number of nitrogens with zero attached hydrogens (tertiary/aromatic N) is 3. The molecule has 0 radical (unpaired) electrons. The lowest BCUT2D eigenvalue weighted by molar-refractivity contribution is 0.0947. The molecule has 0 aliphatic heterocycles. The molecule has 2 heterocycles. The van der Waals surface area contributed by atoms with Crippen LogP contribution in [0.4, 0.5) is 5.69 Å². The number of carbonyl (C=O) groups is 1. The van der Waals surface area contributed by atoms with Crippen molar-refractivity contribution in [2.45, 2.75) is 19.9 Å². The van der Waals surface area contributed by atoms with E-state index in [0.29, 0.717) is 18.8 Å². The fraction of sp³-hybridized carbons (Fsp3) is 0.357. The Labute approximate surface area is 118 Å². The molecule has 0 aromatic carbocycles. The first-order valence-corrected chi connectivity index (χ1v) is 6.75. The normalized spacial score (nSPS) is 10.2. The predicted molar refractivity (Wildman–Crippen MR) is 77.6 cm³/mol. The third-order valence-corrected chi connectivity index (χ3v) is 2.76. The van der Waals surface area contributed by atoms with Crippen molar-refractivity contribution in [2.24, 2.45) is 0 Å². The van der Waals surface area contributed by atoms with Crippen LogP contribution in [0.25, 0.3) is 0 Å². The van der Waals surface area contributed by atoms with Crippen LogP contribution in [0.3, 0.4) is 0 Å². The van der Waals surface area contributed by atoms with E-state index in [1.54, 1.807) is 23.1 Å². The van der Waals surface area contributed by atoms with E-state index >= 15 is 0 Å². The van der Waals surface area contributed by atoms with Crippen LogP contribution in [0.2, 0.25) is 0 Å². The molecule has 0 saturated carbocycles. The van der Waals surface area contributed by atoms with E-state index in [2.05, 4.69) is 27.6 Å². The van der Waals surface area contributed by atoms with Gasteiger partial charge in [-0.25, -0.2) is 4.98 Å². The number of hydrogen-bond donors (Lipinski definition) is 2. The third kappa shape index (κ3) is 4.08. The fourth-order valence-corrected chi connectivity index (χ4v) is 1.71. The van der Waals surface area contributed by atoms with Gasteiger partial charge >= 0.3 is 0 Å². The van der Waals surface area contributed by atoms with Crippen molar-refractivity contribution in [2.75, 3.05) is 18.4 Å². The second kappa shape index (κ2) is 7.28. The van der Waals surface area contributed by atoms with Gasteiger partial charge in [0.2, 0.25) is 0 Å². The summed E-state index contributed by atoms with van der Waals surface area (Å²) in [4.78, 5) is 16.0. The minimum Gasteiger partial charge on any atom is -0.384 e. The lowest BCUT2D eigenvalue weighted by Crippen LogP contribution is -2.28. The first-order chi connectivity index (χ1) is 9.79. The first-order valence-electron chi connectivity index (χ1n) is 6.75. The largest absolute Gasteiger partial charge is 0.384 e. The van der Waals surface area contributed by atoms with Crippen molar-refractivity contribution in [3.63, 3.8) is 0 Å². The molecule has 0 bridgehead atoms. The lowest BCUT2D eigenvalue weighted by atomic mass is 10.3. The molecule has 0 unspecified atom stereocenters. The topological polar surface area (TPSA) is 71.8 Å². The number of nitrogens with one attached hydrogen (secondary N) is 2. The van der Waals surface area contributed by atoms with E-state index in [1.807, 2.05) is 18.3 Å². The molecule has 2 aromatic rings. The highest BCUT2D eigenvalue weighted by Crippen LogP contribution is 2.05. The zero-order valence-electron chi connectivity index (χ0n) is 11.5. The summed E-state index contributed by atoms with van der Waals surface area (Å²) in [6.07, 6.45) is 6.30. The van der Waals surface area contributed by atoms with E-state index in [1.165, 1.54) is 0 Å². The molecule has 6 nitrogen and oxygen atoms in total. The van der Waals surface area contributed by atoms with Gasteiger partial charge in [0.25, 0.3) is 5.91 Å². The molecule has 1 amide bonds. The maximum atomic E-state index is 11.9. The highest BCUT2D eigenvalue weighted by Gasteiger charge is 2.06. The van der Waals surface area contributed by atoms with Crippen LogP contribution in [0.5, 0.6) is 0 Å². The Morgan fingerprint density at radius 3 is 2.90 bits per heavy atom. The molecular weight excluding hydrogens is 254 g/mol. The second-order valence-electron chi connectivity index (χ2n) is 4.38. The Bertz CT molecular complexity index is 521. The SMILES string of the molecule is CCCNc1ccc(C(=O)NCCn2cccn2)nc1. The van der Waals surface area contributed by atoms with Crippen LogP contribution in [-0.4, -0.2) is 33.8 Å². The maximum Gasteiger partial charge on any atom is 0.269 e. The van der Waals surface area contributed by atoms with Gasteiger partial charge in [0.15, 0.2) is 0 Å². The molecule has 0 spiro atoms. The standard InChI is InChI=1S/C14H19N5O/c1-2-6-15-12-4-5-13(17-11-12)14(20)16-8-10-19-9-3-7-18-19/h3-5,7,9,11,15H,2,6,8,10H2,1H3,(H,16,20). The van der Waals surface area contributed by atoms with Crippen molar-refractivity contribution >= 4 is 11.6 Å². The minimum absolute atomic E-state index is 0.167. The third-order valence-electron chi connectivity index (χ3n) is 2.76. The van der Waals surface area contributed by atoms with Gasteiger partial charge in [-0.3, -0.25) is 9.48 Å². The Morgan fingerprint density at radius 2 is 2.25 bits per heavy atom. The van der Waals surface area contributed by atoms with Gasteiger partial charge in [-0.2, -0.15) is 5.10 Å². The molecule has 2 aromatic heterocycles. The van der Waals surface area contributed by atoms with Crippen molar-refractivity contribution in [3.8, 4) is 0 Å². The van der Waals surface area contributed by atoms with Gasteiger partial charge in [-0.1, -0.05) is 6.92 Å². The molecule has 0 aliphatic carbocycles. The van der Waals surface area contributed by atoms with Gasteiger partial charge in [-0.05, 0) is 24.6 Å². The molecule has 106 valence electrons. The summed E-state index contributed by atoms with van der Waals surface area (Å²) < 4.78 is 1.77. The average Bonchev–Trinajstić information content (AvgIpc) is 2.99. The van der Waals surface area contributed by atoms with E-state index in [0.717, 1.165) is 18.7 Å². The number of carbonyl (C=O) groups excluding carboxylic acids is 1. The van der Waals surface area contributed by atoms with E-state index in [4.69, 9.17) is 0 Å². The highest BCUT2D eigenvalue weighted by molar-refractivity contribution is 5.92. The number of amides is 1. The zero-order valence-corrected chi connectivity index (χ0v) is 11.5. The van der Waals surface area contributed by atoms with Gasteiger partial charge in [0, 0.05) is 25.5 Å². The molecule has 2 rings (SSSR count). The highest BCUT2D eigenvalue weighted by atomic mass is 16.1. The number of pyridine rings is 1. The van der Waals surface area contributed by atoms with E-state index in [9.17, 15) is 4.79 Å². The number of rotatable bonds is 7. The molecule has 0 atom stereocenters. The van der Waals surface area contributed by atoms with Gasteiger partial charge in [0.1, 0.15) is 5.69 Å². The Morgan fingerprint density at radius 1 is 1.35 bits per heavy atom. The minimum atomic E-state index is -0.167. The van der Waals surface area contributed by atoms with Gasteiger partial charge in [0.05, 0.1) is 18.4 Å². The molecule has 20 heavy (non-hydrogen) atoms. The quantitative estimate of drug-likeness (QED) is 0.802. The number of anilines is 1. The molecule has 0 aliphatic rings.